The van der Waals surface area contributed by atoms with E-state index in [1.807, 2.05) is 6.07 Å². The van der Waals surface area contributed by atoms with Gasteiger partial charge in [-0.1, -0.05) is 37.6 Å². The Kier molecular flexibility index (Phi) is 5.12. The summed E-state index contributed by atoms with van der Waals surface area (Å²) in [5.74, 6) is 0.674. The Morgan fingerprint density at radius 2 is 2.11 bits per heavy atom. The molecule has 1 N–H and O–H groups in total. The molecule has 0 saturated heterocycles. The largest absolute Gasteiger partial charge is 0.367 e. The first kappa shape index (κ1) is 14.7. The van der Waals surface area contributed by atoms with Crippen LogP contribution in [0.4, 0.5) is 5.69 Å². The normalized spacial score (nSPS) is 15.0. The van der Waals surface area contributed by atoms with Gasteiger partial charge in [-0.15, -0.1) is 0 Å². The first-order valence-corrected chi connectivity index (χ1v) is 7.76. The average Bonchev–Trinajstić information content (AvgIpc) is 3.17. The number of para-hydroxylation sites is 1. The molecule has 2 rings (SSSR count). The summed E-state index contributed by atoms with van der Waals surface area (Å²) in [5.41, 5.74) is 2.56. The zero-order valence-corrected chi connectivity index (χ0v) is 13.0. The molecule has 0 spiro atoms. The average molecular weight is 281 g/mol. The highest BCUT2D eigenvalue weighted by molar-refractivity contribution is 6.33. The maximum Gasteiger partial charge on any atom is 0.0643 e. The number of nitrogens with zero attached hydrogens (tertiary/aromatic N) is 1. The van der Waals surface area contributed by atoms with E-state index in [0.717, 1.165) is 24.7 Å². The van der Waals surface area contributed by atoms with Crippen molar-refractivity contribution in [3.63, 3.8) is 0 Å². The predicted molar refractivity (Wildman–Crippen MR) is 84.0 cm³/mol. The minimum absolute atomic E-state index is 0.674. The molecule has 0 aromatic heterocycles. The van der Waals surface area contributed by atoms with Crippen molar-refractivity contribution in [3.8, 4) is 0 Å². The van der Waals surface area contributed by atoms with Gasteiger partial charge in [0.2, 0.25) is 0 Å². The summed E-state index contributed by atoms with van der Waals surface area (Å²) in [6, 6.07) is 6.96. The Morgan fingerprint density at radius 1 is 1.37 bits per heavy atom. The first-order chi connectivity index (χ1) is 9.13. The number of anilines is 1. The number of nitrogens with one attached hydrogen (secondary N) is 1. The molecular formula is C16H25ClN2. The van der Waals surface area contributed by atoms with Crippen molar-refractivity contribution in [1.29, 1.82) is 0 Å². The van der Waals surface area contributed by atoms with Gasteiger partial charge >= 0.3 is 0 Å². The van der Waals surface area contributed by atoms with Crippen molar-refractivity contribution in [1.82, 2.24) is 5.32 Å². The number of halogens is 1. The van der Waals surface area contributed by atoms with Crippen LogP contribution in [0, 0.1) is 5.92 Å². The molecule has 0 radical (unpaired) electrons. The molecule has 1 aromatic rings. The van der Waals surface area contributed by atoms with Gasteiger partial charge in [0, 0.05) is 19.1 Å². The predicted octanol–water partition coefficient (Wildman–Crippen LogP) is 4.07. The minimum Gasteiger partial charge on any atom is -0.367 e. The molecule has 0 aliphatic heterocycles. The molecule has 0 unspecified atom stereocenters. The smallest absolute Gasteiger partial charge is 0.0643 e. The number of rotatable bonds is 7. The lowest BCUT2D eigenvalue weighted by Gasteiger charge is -2.27. The lowest BCUT2D eigenvalue weighted by atomic mass is 10.1. The second-order valence-corrected chi connectivity index (χ2v) is 6.20. The third-order valence-corrected chi connectivity index (χ3v) is 3.86. The summed E-state index contributed by atoms with van der Waals surface area (Å²) in [7, 11) is 0. The Morgan fingerprint density at radius 3 is 2.68 bits per heavy atom. The molecule has 0 amide bonds. The molecule has 1 aliphatic carbocycles. The van der Waals surface area contributed by atoms with Gasteiger partial charge < -0.3 is 10.2 Å². The van der Waals surface area contributed by atoms with Crippen LogP contribution in [0.1, 0.15) is 39.2 Å². The fraction of sp³-hybridized carbons (Fsp3) is 0.625. The van der Waals surface area contributed by atoms with Gasteiger partial charge in [-0.2, -0.15) is 0 Å². The summed E-state index contributed by atoms with van der Waals surface area (Å²) >= 11 is 6.45. The Labute approximate surface area is 122 Å². The zero-order chi connectivity index (χ0) is 13.8. The van der Waals surface area contributed by atoms with Gasteiger partial charge in [0.25, 0.3) is 0 Å². The van der Waals surface area contributed by atoms with E-state index >= 15 is 0 Å². The second-order valence-electron chi connectivity index (χ2n) is 5.79. The van der Waals surface area contributed by atoms with E-state index < -0.39 is 0 Å². The van der Waals surface area contributed by atoms with E-state index in [9.17, 15) is 0 Å². The maximum atomic E-state index is 6.45. The molecule has 0 atom stereocenters. The maximum absolute atomic E-state index is 6.45. The third kappa shape index (κ3) is 3.87. The first-order valence-electron chi connectivity index (χ1n) is 7.38. The molecule has 3 heteroatoms. The molecule has 19 heavy (non-hydrogen) atoms. The van der Waals surface area contributed by atoms with E-state index in [2.05, 4.69) is 43.1 Å². The van der Waals surface area contributed by atoms with Crippen LogP contribution in [0.15, 0.2) is 18.2 Å². The topological polar surface area (TPSA) is 15.3 Å². The van der Waals surface area contributed by atoms with Crippen LogP contribution in [-0.4, -0.2) is 19.1 Å². The van der Waals surface area contributed by atoms with Crippen molar-refractivity contribution in [2.75, 3.05) is 18.0 Å². The highest BCUT2D eigenvalue weighted by Gasteiger charge is 2.30. The quantitative estimate of drug-likeness (QED) is 0.810. The van der Waals surface area contributed by atoms with Gasteiger partial charge in [-0.25, -0.2) is 0 Å². The lowest BCUT2D eigenvalue weighted by Crippen LogP contribution is -2.28. The summed E-state index contributed by atoms with van der Waals surface area (Å²) in [5, 5.41) is 4.41. The Hall–Kier alpha value is -0.730. The van der Waals surface area contributed by atoms with E-state index in [1.165, 1.54) is 24.1 Å². The lowest BCUT2D eigenvalue weighted by molar-refractivity contribution is 0.552. The molecular weight excluding hydrogens is 256 g/mol. The highest BCUT2D eigenvalue weighted by Crippen LogP contribution is 2.37. The van der Waals surface area contributed by atoms with Crippen molar-refractivity contribution < 1.29 is 0 Å². The van der Waals surface area contributed by atoms with Crippen molar-refractivity contribution in [2.45, 2.75) is 46.2 Å². The summed E-state index contributed by atoms with van der Waals surface area (Å²) < 4.78 is 0. The molecule has 1 fully saturated rings. The zero-order valence-electron chi connectivity index (χ0n) is 12.2. The van der Waals surface area contributed by atoms with Crippen LogP contribution in [0.25, 0.3) is 0 Å². The number of hydrogen-bond donors (Lipinski definition) is 1. The molecule has 2 nitrogen and oxygen atoms in total. The number of benzene rings is 1. The fourth-order valence-corrected chi connectivity index (χ4v) is 2.81. The van der Waals surface area contributed by atoms with Crippen LogP contribution < -0.4 is 10.2 Å². The molecule has 1 aliphatic rings. The fourth-order valence-electron chi connectivity index (χ4n) is 2.50. The minimum atomic E-state index is 0.674. The SMILES string of the molecule is CCN(c1c(Cl)cccc1CNCC(C)C)C1CC1. The van der Waals surface area contributed by atoms with E-state index in [0.29, 0.717) is 12.0 Å². The van der Waals surface area contributed by atoms with Gasteiger partial charge in [0.1, 0.15) is 0 Å². The van der Waals surface area contributed by atoms with E-state index in [-0.39, 0.29) is 0 Å². The Balaban J connectivity index is 2.15. The van der Waals surface area contributed by atoms with Crippen LogP contribution >= 0.6 is 11.6 Å². The van der Waals surface area contributed by atoms with Crippen molar-refractivity contribution in [2.24, 2.45) is 5.92 Å². The monoisotopic (exact) mass is 280 g/mol. The molecule has 0 bridgehead atoms. The van der Waals surface area contributed by atoms with E-state index in [4.69, 9.17) is 11.6 Å². The van der Waals surface area contributed by atoms with Gasteiger partial charge in [0.15, 0.2) is 0 Å². The number of hydrogen-bond acceptors (Lipinski definition) is 2. The van der Waals surface area contributed by atoms with Crippen LogP contribution in [0.3, 0.4) is 0 Å². The van der Waals surface area contributed by atoms with Crippen LogP contribution in [-0.2, 0) is 6.54 Å². The molecule has 106 valence electrons. The van der Waals surface area contributed by atoms with E-state index in [1.54, 1.807) is 0 Å². The van der Waals surface area contributed by atoms with Crippen molar-refractivity contribution >= 4 is 17.3 Å². The summed E-state index contributed by atoms with van der Waals surface area (Å²) in [6.07, 6.45) is 2.61. The molecule has 1 saturated carbocycles. The third-order valence-electron chi connectivity index (χ3n) is 3.55. The highest BCUT2D eigenvalue weighted by atomic mass is 35.5. The Bertz CT molecular complexity index is 413. The van der Waals surface area contributed by atoms with Gasteiger partial charge in [-0.3, -0.25) is 0 Å². The molecule has 0 heterocycles. The van der Waals surface area contributed by atoms with Gasteiger partial charge in [-0.05, 0) is 43.9 Å². The summed E-state index contributed by atoms with van der Waals surface area (Å²) in [6.45, 7) is 9.65. The van der Waals surface area contributed by atoms with Crippen molar-refractivity contribution in [3.05, 3.63) is 28.8 Å². The second kappa shape index (κ2) is 6.62. The van der Waals surface area contributed by atoms with Crippen LogP contribution in [0.5, 0.6) is 0 Å². The van der Waals surface area contributed by atoms with Gasteiger partial charge in [0.05, 0.1) is 10.7 Å². The summed E-state index contributed by atoms with van der Waals surface area (Å²) in [4.78, 5) is 2.47. The molecule has 1 aromatic carbocycles. The standard InChI is InChI=1S/C16H25ClN2/c1-4-19(14-8-9-14)16-13(6-5-7-15(16)17)11-18-10-12(2)3/h5-7,12,14,18H,4,8-11H2,1-3H3. The van der Waals surface area contributed by atoms with Crippen LogP contribution in [0.2, 0.25) is 5.02 Å².